The van der Waals surface area contributed by atoms with E-state index >= 15 is 0 Å². The molecule has 33 heavy (non-hydrogen) atoms. The van der Waals surface area contributed by atoms with Crippen molar-refractivity contribution in [2.24, 2.45) is 7.05 Å². The molecule has 1 aliphatic rings. The molecule has 4 aromatic rings. The fourth-order valence-corrected chi connectivity index (χ4v) is 4.44. The number of benzene rings is 2. The number of carbonyl (C=O) groups is 1. The maximum Gasteiger partial charge on any atom is 0.279 e. The number of anilines is 1. The molecule has 0 aliphatic carbocycles. The summed E-state index contributed by atoms with van der Waals surface area (Å²) >= 11 is 0. The lowest BCUT2D eigenvalue weighted by Crippen LogP contribution is -2.38. The molecule has 1 N–H and O–H groups in total. The zero-order valence-corrected chi connectivity index (χ0v) is 18.6. The second-order valence-corrected chi connectivity index (χ2v) is 8.21. The van der Waals surface area contributed by atoms with E-state index in [1.54, 1.807) is 7.11 Å². The molecule has 1 amide bonds. The van der Waals surface area contributed by atoms with Crippen LogP contribution in [0, 0.1) is 0 Å². The van der Waals surface area contributed by atoms with Crippen molar-refractivity contribution < 1.29 is 9.53 Å². The van der Waals surface area contributed by atoms with E-state index in [4.69, 9.17) is 4.74 Å². The summed E-state index contributed by atoms with van der Waals surface area (Å²) in [7, 11) is 3.55. The molecule has 5 rings (SSSR count). The monoisotopic (exact) mass is 443 g/mol. The van der Waals surface area contributed by atoms with Crippen molar-refractivity contribution in [1.82, 2.24) is 19.1 Å². The Kier molecular flexibility index (Phi) is 5.43. The van der Waals surface area contributed by atoms with Gasteiger partial charge in [0.1, 0.15) is 11.3 Å². The van der Waals surface area contributed by atoms with Crippen LogP contribution in [-0.2, 0) is 26.6 Å². The zero-order valence-electron chi connectivity index (χ0n) is 18.6. The zero-order chi connectivity index (χ0) is 22.9. The fraction of sp³-hybridized carbons (Fsp3) is 0.240. The van der Waals surface area contributed by atoms with Gasteiger partial charge >= 0.3 is 0 Å². The Hall–Kier alpha value is -3.91. The van der Waals surface area contributed by atoms with Crippen LogP contribution in [0.5, 0.6) is 5.75 Å². The van der Waals surface area contributed by atoms with Gasteiger partial charge in [-0.1, -0.05) is 30.3 Å². The third-order valence-electron chi connectivity index (χ3n) is 6.15. The van der Waals surface area contributed by atoms with E-state index < -0.39 is 0 Å². The van der Waals surface area contributed by atoms with Gasteiger partial charge in [0.15, 0.2) is 5.65 Å². The van der Waals surface area contributed by atoms with Gasteiger partial charge in [-0.2, -0.15) is 9.61 Å². The first-order valence-electron chi connectivity index (χ1n) is 10.9. The Morgan fingerprint density at radius 1 is 1.12 bits per heavy atom. The number of amides is 1. The summed E-state index contributed by atoms with van der Waals surface area (Å²) in [6.45, 7) is 2.10. The van der Waals surface area contributed by atoms with Gasteiger partial charge in [0.2, 0.25) is 0 Å². The lowest BCUT2D eigenvalue weighted by molar-refractivity contribution is 0.102. The van der Waals surface area contributed by atoms with E-state index in [0.717, 1.165) is 42.1 Å². The maximum atomic E-state index is 13.3. The molecule has 8 nitrogen and oxygen atoms in total. The van der Waals surface area contributed by atoms with Crippen LogP contribution in [0.15, 0.2) is 65.6 Å². The Morgan fingerprint density at radius 3 is 2.61 bits per heavy atom. The molecular formula is C25H25N5O3. The topological polar surface area (TPSA) is 80.9 Å². The number of nitrogens with one attached hydrogen (secondary N) is 1. The number of aromatic nitrogens is 3. The van der Waals surface area contributed by atoms with E-state index in [1.165, 1.54) is 10.7 Å². The number of hydrogen-bond acceptors (Lipinski definition) is 5. The Morgan fingerprint density at radius 2 is 1.88 bits per heavy atom. The van der Waals surface area contributed by atoms with Gasteiger partial charge in [-0.05, 0) is 29.8 Å². The smallest absolute Gasteiger partial charge is 0.279 e. The van der Waals surface area contributed by atoms with E-state index in [-0.39, 0.29) is 11.5 Å². The largest absolute Gasteiger partial charge is 0.497 e. The number of aryl methyl sites for hydroxylation is 1. The van der Waals surface area contributed by atoms with Crippen LogP contribution in [0.4, 0.5) is 5.69 Å². The van der Waals surface area contributed by atoms with Gasteiger partial charge in [-0.3, -0.25) is 14.5 Å². The lowest BCUT2D eigenvalue weighted by atomic mass is 10.1. The summed E-state index contributed by atoms with van der Waals surface area (Å²) in [6, 6.07) is 17.2. The van der Waals surface area contributed by atoms with Crippen LogP contribution in [0.1, 0.15) is 27.2 Å². The first-order valence-corrected chi connectivity index (χ1v) is 10.9. The molecule has 0 saturated heterocycles. The summed E-state index contributed by atoms with van der Waals surface area (Å²) < 4.78 is 8.51. The number of methoxy groups -OCH3 is 1. The Labute approximate surface area is 191 Å². The second-order valence-electron chi connectivity index (χ2n) is 8.21. The average molecular weight is 444 g/mol. The highest BCUT2D eigenvalue weighted by Gasteiger charge is 2.26. The van der Waals surface area contributed by atoms with Gasteiger partial charge in [0.25, 0.3) is 11.5 Å². The number of nitrogens with zero attached hydrogens (tertiary/aromatic N) is 4. The minimum absolute atomic E-state index is 0.170. The quantitative estimate of drug-likeness (QED) is 0.513. The molecule has 0 spiro atoms. The maximum absolute atomic E-state index is 13.3. The number of fused-ring (bicyclic) bond motifs is 2. The van der Waals surface area contributed by atoms with E-state index in [1.807, 2.05) is 66.2 Å². The normalized spacial score (nSPS) is 13.6. The van der Waals surface area contributed by atoms with Crippen molar-refractivity contribution in [1.29, 1.82) is 0 Å². The van der Waals surface area contributed by atoms with Gasteiger partial charge in [-0.15, -0.1) is 0 Å². The molecule has 0 fully saturated rings. The number of carbonyl (C=O) groups excluding carboxylic acids is 1. The molecule has 1 aliphatic heterocycles. The minimum atomic E-state index is -0.289. The highest BCUT2D eigenvalue weighted by molar-refractivity contribution is 6.08. The van der Waals surface area contributed by atoms with E-state index in [0.29, 0.717) is 23.4 Å². The summed E-state index contributed by atoms with van der Waals surface area (Å²) in [6.07, 6.45) is 2.19. The third-order valence-corrected chi connectivity index (χ3v) is 6.15. The summed E-state index contributed by atoms with van der Waals surface area (Å²) in [5.74, 6) is 0.535. The molecule has 2 aromatic heterocycles. The van der Waals surface area contributed by atoms with Crippen LogP contribution < -0.4 is 15.6 Å². The van der Waals surface area contributed by atoms with Gasteiger partial charge < -0.3 is 14.6 Å². The van der Waals surface area contributed by atoms with Crippen LogP contribution in [0.25, 0.3) is 5.65 Å². The number of rotatable bonds is 5. The van der Waals surface area contributed by atoms with E-state index in [9.17, 15) is 9.59 Å². The fourth-order valence-electron chi connectivity index (χ4n) is 4.44. The lowest BCUT2D eigenvalue weighted by Gasteiger charge is -2.30. The van der Waals surface area contributed by atoms with Crippen LogP contribution >= 0.6 is 0 Å². The van der Waals surface area contributed by atoms with Crippen LogP contribution in [-0.4, -0.2) is 38.6 Å². The molecule has 2 aromatic carbocycles. The molecule has 3 heterocycles. The number of hydrogen-bond donors (Lipinski definition) is 1. The van der Waals surface area contributed by atoms with Crippen LogP contribution in [0.3, 0.4) is 0 Å². The van der Waals surface area contributed by atoms with Crippen molar-refractivity contribution in [2.75, 3.05) is 19.0 Å². The molecule has 8 heteroatoms. The molecule has 168 valence electrons. The highest BCUT2D eigenvalue weighted by atomic mass is 16.5. The summed E-state index contributed by atoms with van der Waals surface area (Å²) in [5, 5.41) is 7.15. The predicted molar refractivity (Wildman–Crippen MR) is 126 cm³/mol. The van der Waals surface area contributed by atoms with Crippen molar-refractivity contribution in [3.05, 3.63) is 93.5 Å². The first-order chi connectivity index (χ1) is 16.0. The van der Waals surface area contributed by atoms with Crippen LogP contribution in [0.2, 0.25) is 0 Å². The van der Waals surface area contributed by atoms with Gasteiger partial charge in [0, 0.05) is 44.5 Å². The highest BCUT2D eigenvalue weighted by Crippen LogP contribution is 2.22. The number of ether oxygens (including phenoxy) is 1. The molecule has 0 unspecified atom stereocenters. The Balaban J connectivity index is 1.44. The molecule has 0 atom stereocenters. The van der Waals surface area contributed by atoms with Gasteiger partial charge in [-0.25, -0.2) is 0 Å². The second kappa shape index (κ2) is 8.55. The first kappa shape index (κ1) is 21.0. The molecule has 0 bridgehead atoms. The summed E-state index contributed by atoms with van der Waals surface area (Å²) in [5.41, 5.74) is 4.25. The number of para-hydroxylation sites is 1. The third kappa shape index (κ3) is 3.89. The van der Waals surface area contributed by atoms with Crippen molar-refractivity contribution >= 4 is 17.2 Å². The molecule has 0 radical (unpaired) electrons. The standard InChI is InChI=1S/C25H25N5O3/c1-28-22-12-13-29(15-17-8-10-19(33-2)11-9-17)16-21(22)25(32)30-24(28)20(14-26-30)23(31)27-18-6-4-3-5-7-18/h3-11,14H,12-13,15-16H2,1-2H3,(H,27,31). The minimum Gasteiger partial charge on any atom is -0.497 e. The van der Waals surface area contributed by atoms with Crippen molar-refractivity contribution in [2.45, 2.75) is 19.5 Å². The van der Waals surface area contributed by atoms with Gasteiger partial charge in [0.05, 0.1) is 18.9 Å². The predicted octanol–water partition coefficient (Wildman–Crippen LogP) is 2.85. The molecule has 0 saturated carbocycles. The van der Waals surface area contributed by atoms with Crippen molar-refractivity contribution in [3.63, 3.8) is 0 Å². The summed E-state index contributed by atoms with van der Waals surface area (Å²) in [4.78, 5) is 28.5. The SMILES string of the molecule is COc1ccc(CN2CCc3c(c(=O)n4ncc(C(=O)Nc5ccccc5)c4n3C)C2)cc1. The average Bonchev–Trinajstić information content (AvgIpc) is 3.30. The Bertz CT molecular complexity index is 1370. The molecular weight excluding hydrogens is 418 g/mol. The van der Waals surface area contributed by atoms with Crippen molar-refractivity contribution in [3.8, 4) is 5.75 Å². The van der Waals surface area contributed by atoms with E-state index in [2.05, 4.69) is 15.3 Å².